The first-order chi connectivity index (χ1) is 7.45. The minimum Gasteiger partial charge on any atom is -0.458 e. The molecule has 16 heavy (non-hydrogen) atoms. The van der Waals surface area contributed by atoms with Crippen molar-refractivity contribution in [3.8, 4) is 0 Å². The molecule has 0 aliphatic heterocycles. The van der Waals surface area contributed by atoms with Gasteiger partial charge in [-0.15, -0.1) is 0 Å². The molecule has 0 unspecified atom stereocenters. The third-order valence-electron chi connectivity index (χ3n) is 1.45. The van der Waals surface area contributed by atoms with E-state index in [1.807, 2.05) is 20.8 Å². The van der Waals surface area contributed by atoms with Crippen molar-refractivity contribution in [3.63, 3.8) is 0 Å². The molecule has 0 amide bonds. The molecule has 0 aliphatic carbocycles. The van der Waals surface area contributed by atoms with Crippen LogP contribution in [0.15, 0.2) is 0 Å². The maximum atomic E-state index is 11.2. The van der Waals surface area contributed by atoms with Crippen molar-refractivity contribution < 1.29 is 18.5 Å². The molecule has 0 fully saturated rings. The smallest absolute Gasteiger partial charge is 0.332 e. The molecular weight excluding hydrogens is 343 g/mol. The van der Waals surface area contributed by atoms with Crippen LogP contribution in [0.5, 0.6) is 0 Å². The standard InChI is InChI=1S/C10H19IO4S/c1-10(2,3)15-9(12)8-13-6-4-5-7-14-16-11/h4-8H2,1-3H3. The number of ether oxygens (including phenoxy) is 2. The second kappa shape index (κ2) is 9.49. The van der Waals surface area contributed by atoms with Gasteiger partial charge in [0, 0.05) is 27.8 Å². The van der Waals surface area contributed by atoms with E-state index in [0.717, 1.165) is 12.8 Å². The van der Waals surface area contributed by atoms with Crippen molar-refractivity contribution in [3.05, 3.63) is 0 Å². The third-order valence-corrected chi connectivity index (χ3v) is 2.47. The van der Waals surface area contributed by atoms with Crippen molar-refractivity contribution in [1.82, 2.24) is 0 Å². The Bertz CT molecular complexity index is 194. The summed E-state index contributed by atoms with van der Waals surface area (Å²) >= 11 is 2.08. The average molecular weight is 362 g/mol. The SMILES string of the molecule is CC(C)(C)OC(=O)COCCCCOSI. The van der Waals surface area contributed by atoms with Gasteiger partial charge in [0.25, 0.3) is 0 Å². The lowest BCUT2D eigenvalue weighted by Crippen LogP contribution is -2.26. The van der Waals surface area contributed by atoms with Gasteiger partial charge >= 0.3 is 5.97 Å². The number of unbranched alkanes of at least 4 members (excludes halogenated alkanes) is 1. The number of carbonyl (C=O) groups excluding carboxylic acids is 1. The number of hydrogen-bond donors (Lipinski definition) is 0. The highest BCUT2D eigenvalue weighted by Crippen LogP contribution is 2.12. The highest BCUT2D eigenvalue weighted by atomic mass is 127. The van der Waals surface area contributed by atoms with E-state index in [1.54, 1.807) is 0 Å². The van der Waals surface area contributed by atoms with Crippen molar-refractivity contribution in [2.75, 3.05) is 19.8 Å². The number of halogens is 1. The van der Waals surface area contributed by atoms with Crippen molar-refractivity contribution in [2.45, 2.75) is 39.2 Å². The summed E-state index contributed by atoms with van der Waals surface area (Å²) in [6.45, 7) is 6.81. The van der Waals surface area contributed by atoms with Crippen LogP contribution in [0.2, 0.25) is 0 Å². The monoisotopic (exact) mass is 362 g/mol. The molecule has 0 N–H and O–H groups in total. The summed E-state index contributed by atoms with van der Waals surface area (Å²) in [5, 5.41) is 0. The Labute approximate surface area is 114 Å². The lowest BCUT2D eigenvalue weighted by Gasteiger charge is -2.19. The molecule has 0 atom stereocenters. The largest absolute Gasteiger partial charge is 0.458 e. The predicted octanol–water partition coefficient (Wildman–Crippen LogP) is 3.14. The highest BCUT2D eigenvalue weighted by molar-refractivity contribution is 14.2. The minimum absolute atomic E-state index is 0.0269. The van der Waals surface area contributed by atoms with Gasteiger partial charge in [-0.25, -0.2) is 4.79 Å². The molecule has 0 aliphatic rings. The van der Waals surface area contributed by atoms with Crippen LogP contribution in [0.25, 0.3) is 0 Å². The van der Waals surface area contributed by atoms with E-state index >= 15 is 0 Å². The first kappa shape index (κ1) is 16.5. The van der Waals surface area contributed by atoms with E-state index in [4.69, 9.17) is 13.7 Å². The molecule has 0 saturated carbocycles. The quantitative estimate of drug-likeness (QED) is 0.287. The first-order valence-corrected chi connectivity index (χ1v) is 8.44. The number of carbonyl (C=O) groups is 1. The van der Waals surface area contributed by atoms with Gasteiger partial charge in [0.1, 0.15) is 12.2 Å². The molecule has 6 heteroatoms. The van der Waals surface area contributed by atoms with Gasteiger partial charge in [0.05, 0.1) is 15.8 Å². The molecule has 0 radical (unpaired) electrons. The van der Waals surface area contributed by atoms with Gasteiger partial charge in [-0.05, 0) is 33.6 Å². The molecule has 0 spiro atoms. The maximum Gasteiger partial charge on any atom is 0.332 e. The zero-order chi connectivity index (χ0) is 12.4. The molecule has 0 aromatic heterocycles. The van der Waals surface area contributed by atoms with Crippen LogP contribution in [0.4, 0.5) is 0 Å². The van der Waals surface area contributed by atoms with Gasteiger partial charge in [0.15, 0.2) is 0 Å². The van der Waals surface area contributed by atoms with E-state index < -0.39 is 5.60 Å². The van der Waals surface area contributed by atoms with E-state index in [0.29, 0.717) is 13.2 Å². The number of rotatable bonds is 8. The normalized spacial score (nSPS) is 11.5. The topological polar surface area (TPSA) is 44.8 Å². The second-order valence-electron chi connectivity index (χ2n) is 4.23. The third kappa shape index (κ3) is 12.5. The molecule has 0 saturated heterocycles. The van der Waals surface area contributed by atoms with Crippen LogP contribution in [0.1, 0.15) is 33.6 Å². The minimum atomic E-state index is -0.439. The fraction of sp³-hybridized carbons (Fsp3) is 0.900. The molecule has 0 rings (SSSR count). The Hall–Kier alpha value is 0.470. The summed E-state index contributed by atoms with van der Waals surface area (Å²) in [6, 6.07) is 0. The van der Waals surface area contributed by atoms with E-state index in [-0.39, 0.29) is 12.6 Å². The Balaban J connectivity index is 3.28. The van der Waals surface area contributed by atoms with Crippen molar-refractivity contribution >= 4 is 36.4 Å². The number of esters is 1. The zero-order valence-corrected chi connectivity index (χ0v) is 12.9. The molecule has 0 bridgehead atoms. The molecule has 0 aromatic rings. The lowest BCUT2D eigenvalue weighted by atomic mass is 10.2. The summed E-state index contributed by atoms with van der Waals surface area (Å²) in [6.07, 6.45) is 1.82. The fourth-order valence-corrected chi connectivity index (χ4v) is 1.64. The van der Waals surface area contributed by atoms with Gasteiger partial charge in [-0.3, -0.25) is 0 Å². The van der Waals surface area contributed by atoms with Gasteiger partial charge in [-0.1, -0.05) is 0 Å². The summed E-state index contributed by atoms with van der Waals surface area (Å²) in [5.41, 5.74) is -0.439. The second-order valence-corrected chi connectivity index (χ2v) is 5.67. The van der Waals surface area contributed by atoms with Crippen LogP contribution in [0.3, 0.4) is 0 Å². The van der Waals surface area contributed by atoms with E-state index in [1.165, 1.54) is 9.21 Å². The van der Waals surface area contributed by atoms with Crippen molar-refractivity contribution in [1.29, 1.82) is 0 Å². The first-order valence-electron chi connectivity index (χ1n) is 5.15. The number of hydrogen-bond acceptors (Lipinski definition) is 5. The van der Waals surface area contributed by atoms with Gasteiger partial charge in [-0.2, -0.15) is 0 Å². The van der Waals surface area contributed by atoms with Crippen LogP contribution < -0.4 is 0 Å². The van der Waals surface area contributed by atoms with E-state index in [9.17, 15) is 4.79 Å². The van der Waals surface area contributed by atoms with E-state index in [2.05, 4.69) is 21.2 Å². The zero-order valence-electron chi connectivity index (χ0n) is 9.95. The van der Waals surface area contributed by atoms with Crippen molar-refractivity contribution in [2.24, 2.45) is 0 Å². The maximum absolute atomic E-state index is 11.2. The van der Waals surface area contributed by atoms with Crippen LogP contribution in [-0.2, 0) is 18.5 Å². The Morgan fingerprint density at radius 3 is 2.44 bits per heavy atom. The van der Waals surface area contributed by atoms with Crippen LogP contribution >= 0.6 is 30.4 Å². The predicted molar refractivity (Wildman–Crippen MR) is 73.5 cm³/mol. The summed E-state index contributed by atoms with van der Waals surface area (Å²) in [4.78, 5) is 11.2. The summed E-state index contributed by atoms with van der Waals surface area (Å²) in [5.74, 6) is -0.313. The molecule has 96 valence electrons. The molecule has 0 heterocycles. The highest BCUT2D eigenvalue weighted by Gasteiger charge is 2.15. The molecule has 0 aromatic carbocycles. The summed E-state index contributed by atoms with van der Waals surface area (Å²) in [7, 11) is 1.33. The van der Waals surface area contributed by atoms with Crippen LogP contribution in [0, 0.1) is 0 Å². The van der Waals surface area contributed by atoms with Gasteiger partial charge < -0.3 is 13.7 Å². The molecule has 4 nitrogen and oxygen atoms in total. The lowest BCUT2D eigenvalue weighted by molar-refractivity contribution is -0.160. The Kier molecular flexibility index (Phi) is 9.77. The molecular formula is C10H19IO4S. The fourth-order valence-electron chi connectivity index (χ4n) is 0.923. The average Bonchev–Trinajstić information content (AvgIpc) is 2.13. The Morgan fingerprint density at radius 1 is 1.25 bits per heavy atom. The van der Waals surface area contributed by atoms with Gasteiger partial charge in [0.2, 0.25) is 0 Å². The summed E-state index contributed by atoms with van der Waals surface area (Å²) < 4.78 is 15.4. The van der Waals surface area contributed by atoms with Crippen LogP contribution in [-0.4, -0.2) is 31.4 Å². The Morgan fingerprint density at radius 2 is 1.88 bits per heavy atom.